The number of nitrogens with two attached hydrogens (primary N) is 1. The van der Waals surface area contributed by atoms with E-state index < -0.39 is 5.25 Å². The summed E-state index contributed by atoms with van der Waals surface area (Å²) in [7, 11) is 1.42. The van der Waals surface area contributed by atoms with Crippen molar-refractivity contribution in [1.82, 2.24) is 9.88 Å². The molecule has 1 aromatic heterocycles. The maximum Gasteiger partial charge on any atom is 0.242 e. The highest BCUT2D eigenvalue weighted by Crippen LogP contribution is 2.38. The van der Waals surface area contributed by atoms with Crippen LogP contribution >= 0.6 is 11.8 Å². The molecule has 0 aliphatic carbocycles. The Hall–Kier alpha value is -3.36. The number of nitrogen functional groups attached to an aromatic ring is 1. The van der Waals surface area contributed by atoms with Gasteiger partial charge < -0.3 is 5.73 Å². The van der Waals surface area contributed by atoms with Crippen LogP contribution in [0.3, 0.4) is 0 Å². The molecule has 0 bridgehead atoms. The molecule has 0 radical (unpaired) electrons. The zero-order chi connectivity index (χ0) is 18.8. The fourth-order valence-corrected chi connectivity index (χ4v) is 3.90. The summed E-state index contributed by atoms with van der Waals surface area (Å²) in [6, 6.07) is 13.0. The molecule has 7 nitrogen and oxygen atoms in total. The standard InChI is InChI=1S/C18H13N5O2S/c1-23-14(24)7-13(18(23)25)26-17-12(9-20)15(10-5-3-2-4-6-10)11(8-19)16(21)22-17/h2-6,13H,7H2,1H3,(H2,21,22). The van der Waals surface area contributed by atoms with Gasteiger partial charge in [0.2, 0.25) is 11.8 Å². The lowest BCUT2D eigenvalue weighted by molar-refractivity contribution is -0.136. The summed E-state index contributed by atoms with van der Waals surface area (Å²) in [6.07, 6.45) is 0.0348. The van der Waals surface area contributed by atoms with Crippen molar-refractivity contribution in [3.8, 4) is 23.3 Å². The van der Waals surface area contributed by atoms with Crippen LogP contribution in [0.5, 0.6) is 0 Å². The normalized spacial score (nSPS) is 16.4. The number of imide groups is 1. The quantitative estimate of drug-likeness (QED) is 0.826. The van der Waals surface area contributed by atoms with Gasteiger partial charge in [-0.15, -0.1) is 0 Å². The molecule has 1 atom stereocenters. The number of likely N-dealkylation sites (tertiary alicyclic amines) is 1. The van der Waals surface area contributed by atoms with Crippen molar-refractivity contribution in [2.24, 2.45) is 0 Å². The summed E-state index contributed by atoms with van der Waals surface area (Å²) >= 11 is 1.03. The second-order valence-electron chi connectivity index (χ2n) is 5.62. The minimum absolute atomic E-state index is 0.0158. The Morgan fingerprint density at radius 3 is 2.38 bits per heavy atom. The largest absolute Gasteiger partial charge is 0.383 e. The summed E-state index contributed by atoms with van der Waals surface area (Å²) in [6.45, 7) is 0. The van der Waals surface area contributed by atoms with Crippen molar-refractivity contribution in [3.63, 3.8) is 0 Å². The van der Waals surface area contributed by atoms with E-state index in [4.69, 9.17) is 5.73 Å². The van der Waals surface area contributed by atoms with Crippen molar-refractivity contribution in [2.75, 3.05) is 12.8 Å². The van der Waals surface area contributed by atoms with Crippen LogP contribution in [-0.4, -0.2) is 34.0 Å². The molecule has 0 saturated carbocycles. The molecule has 2 heterocycles. The number of thioether (sulfide) groups is 1. The van der Waals surface area contributed by atoms with E-state index in [9.17, 15) is 20.1 Å². The minimum Gasteiger partial charge on any atom is -0.383 e. The van der Waals surface area contributed by atoms with Crippen LogP contribution in [0.2, 0.25) is 0 Å². The molecule has 1 fully saturated rings. The van der Waals surface area contributed by atoms with E-state index in [-0.39, 0.29) is 40.2 Å². The molecule has 1 aromatic carbocycles. The van der Waals surface area contributed by atoms with E-state index in [1.807, 2.05) is 12.1 Å². The zero-order valence-corrected chi connectivity index (χ0v) is 14.6. The third kappa shape index (κ3) is 2.87. The lowest BCUT2D eigenvalue weighted by Crippen LogP contribution is -2.26. The average molecular weight is 363 g/mol. The van der Waals surface area contributed by atoms with Crippen LogP contribution in [0.25, 0.3) is 11.1 Å². The number of hydrogen-bond donors (Lipinski definition) is 1. The summed E-state index contributed by atoms with van der Waals surface area (Å²) in [5.74, 6) is -0.635. The van der Waals surface area contributed by atoms with Crippen LogP contribution < -0.4 is 5.73 Å². The smallest absolute Gasteiger partial charge is 0.242 e. The molecule has 2 amide bonds. The number of aromatic nitrogens is 1. The van der Waals surface area contributed by atoms with Crippen molar-refractivity contribution >= 4 is 29.4 Å². The van der Waals surface area contributed by atoms with E-state index >= 15 is 0 Å². The fraction of sp³-hybridized carbons (Fsp3) is 0.167. The Balaban J connectivity index is 2.15. The second kappa shape index (κ2) is 6.87. The van der Waals surface area contributed by atoms with E-state index in [2.05, 4.69) is 11.1 Å². The van der Waals surface area contributed by atoms with Gasteiger partial charge in [-0.3, -0.25) is 14.5 Å². The van der Waals surface area contributed by atoms with Gasteiger partial charge in [0.05, 0.1) is 10.8 Å². The van der Waals surface area contributed by atoms with E-state index in [1.54, 1.807) is 24.3 Å². The predicted molar refractivity (Wildman–Crippen MR) is 95.6 cm³/mol. The number of pyridine rings is 1. The summed E-state index contributed by atoms with van der Waals surface area (Å²) < 4.78 is 0. The highest BCUT2D eigenvalue weighted by molar-refractivity contribution is 8.00. The number of rotatable bonds is 3. The van der Waals surface area contributed by atoms with Gasteiger partial charge in [-0.25, -0.2) is 4.98 Å². The molecule has 2 aromatic rings. The topological polar surface area (TPSA) is 124 Å². The molecule has 26 heavy (non-hydrogen) atoms. The number of nitriles is 2. The van der Waals surface area contributed by atoms with E-state index in [1.165, 1.54) is 7.05 Å². The van der Waals surface area contributed by atoms with Gasteiger partial charge in [-0.05, 0) is 5.56 Å². The first-order valence-corrected chi connectivity index (χ1v) is 8.52. The average Bonchev–Trinajstić information content (AvgIpc) is 2.88. The molecular formula is C18H13N5O2S. The van der Waals surface area contributed by atoms with E-state index in [0.717, 1.165) is 16.7 Å². The van der Waals surface area contributed by atoms with Gasteiger partial charge >= 0.3 is 0 Å². The molecule has 1 aliphatic rings. The number of hydrogen-bond acceptors (Lipinski definition) is 7. The van der Waals surface area contributed by atoms with Crippen LogP contribution in [-0.2, 0) is 9.59 Å². The molecule has 8 heteroatoms. The van der Waals surface area contributed by atoms with Crippen LogP contribution in [0.4, 0.5) is 5.82 Å². The number of carbonyl (C=O) groups excluding carboxylic acids is 2. The van der Waals surface area contributed by atoms with Crippen molar-refractivity contribution in [1.29, 1.82) is 10.5 Å². The summed E-state index contributed by atoms with van der Waals surface area (Å²) in [5, 5.41) is 18.8. The molecule has 3 rings (SSSR count). The monoisotopic (exact) mass is 363 g/mol. The Morgan fingerprint density at radius 1 is 1.19 bits per heavy atom. The van der Waals surface area contributed by atoms with Gasteiger partial charge in [0.15, 0.2) is 0 Å². The zero-order valence-electron chi connectivity index (χ0n) is 13.8. The maximum absolute atomic E-state index is 12.2. The van der Waals surface area contributed by atoms with Crippen LogP contribution in [0.1, 0.15) is 17.5 Å². The fourth-order valence-electron chi connectivity index (χ4n) is 2.73. The van der Waals surface area contributed by atoms with E-state index in [0.29, 0.717) is 11.1 Å². The van der Waals surface area contributed by atoms with Gasteiger partial charge in [-0.2, -0.15) is 10.5 Å². The van der Waals surface area contributed by atoms with Gasteiger partial charge in [0, 0.05) is 19.0 Å². The number of nitrogens with zero attached hydrogens (tertiary/aromatic N) is 4. The number of amides is 2. The van der Waals surface area contributed by atoms with Gasteiger partial charge in [0.25, 0.3) is 0 Å². The Kier molecular flexibility index (Phi) is 4.61. The molecule has 2 N–H and O–H groups in total. The van der Waals surface area contributed by atoms with Crippen molar-refractivity contribution in [2.45, 2.75) is 16.7 Å². The molecule has 1 aliphatic heterocycles. The molecule has 1 unspecified atom stereocenters. The van der Waals surface area contributed by atoms with Gasteiger partial charge in [-0.1, -0.05) is 42.1 Å². The first-order valence-electron chi connectivity index (χ1n) is 7.64. The van der Waals surface area contributed by atoms with Gasteiger partial charge in [0.1, 0.15) is 28.5 Å². The maximum atomic E-state index is 12.2. The third-order valence-electron chi connectivity index (χ3n) is 4.07. The van der Waals surface area contributed by atoms with Crippen LogP contribution in [0, 0.1) is 22.7 Å². The number of benzene rings is 1. The second-order valence-corrected chi connectivity index (χ2v) is 6.81. The van der Waals surface area contributed by atoms with Crippen molar-refractivity contribution < 1.29 is 9.59 Å². The SMILES string of the molecule is CN1C(=O)CC(Sc2nc(N)c(C#N)c(-c3ccccc3)c2C#N)C1=O. The number of carbonyl (C=O) groups is 2. The Labute approximate surface area is 154 Å². The molecule has 0 spiro atoms. The number of anilines is 1. The highest BCUT2D eigenvalue weighted by Gasteiger charge is 2.38. The summed E-state index contributed by atoms with van der Waals surface area (Å²) in [5.41, 5.74) is 7.26. The molecule has 128 valence electrons. The lowest BCUT2D eigenvalue weighted by Gasteiger charge is -2.14. The Bertz CT molecular complexity index is 991. The first-order chi connectivity index (χ1) is 12.5. The molecule has 1 saturated heterocycles. The third-order valence-corrected chi connectivity index (χ3v) is 5.24. The summed E-state index contributed by atoms with van der Waals surface area (Å²) in [4.78, 5) is 29.1. The predicted octanol–water partition coefficient (Wildman–Crippen LogP) is 1.92. The van der Waals surface area contributed by atoms with Crippen molar-refractivity contribution in [3.05, 3.63) is 41.5 Å². The Morgan fingerprint density at radius 2 is 1.85 bits per heavy atom. The highest BCUT2D eigenvalue weighted by atomic mass is 32.2. The molecular weight excluding hydrogens is 350 g/mol. The minimum atomic E-state index is -0.664. The lowest BCUT2D eigenvalue weighted by atomic mass is 9.97. The first kappa shape index (κ1) is 17.5. The van der Waals surface area contributed by atoms with Crippen LogP contribution in [0.15, 0.2) is 35.4 Å².